The molecule has 0 radical (unpaired) electrons. The third kappa shape index (κ3) is 3.83. The molecule has 3 fully saturated rings. The number of carbonyl (C=O) groups is 2. The molecule has 2 heterocycles. The molecule has 142 valence electrons. The van der Waals surface area contributed by atoms with Gasteiger partial charge in [0.25, 0.3) is 0 Å². The fourth-order valence-electron chi connectivity index (χ4n) is 4.52. The van der Waals surface area contributed by atoms with E-state index in [9.17, 15) is 14.7 Å². The van der Waals surface area contributed by atoms with Gasteiger partial charge < -0.3 is 25.4 Å². The van der Waals surface area contributed by atoms with Crippen LogP contribution >= 0.6 is 0 Å². The lowest BCUT2D eigenvalue weighted by Crippen LogP contribution is -2.62. The number of nitrogens with zero attached hydrogens (tertiary/aromatic N) is 2. The first-order valence-corrected chi connectivity index (χ1v) is 9.62. The Balaban J connectivity index is 1.40. The van der Waals surface area contributed by atoms with E-state index < -0.39 is 0 Å². The van der Waals surface area contributed by atoms with Crippen LogP contribution < -0.4 is 5.73 Å². The molecule has 2 amide bonds. The molecular weight excluding hydrogens is 322 g/mol. The number of carbonyl (C=O) groups excluding carboxylic acids is 2. The number of rotatable bonds is 7. The van der Waals surface area contributed by atoms with Crippen molar-refractivity contribution in [2.24, 2.45) is 11.1 Å². The summed E-state index contributed by atoms with van der Waals surface area (Å²) in [7, 11) is 0. The van der Waals surface area contributed by atoms with Crippen LogP contribution in [0.5, 0.6) is 0 Å². The Kier molecular flexibility index (Phi) is 5.96. The highest BCUT2D eigenvalue weighted by Gasteiger charge is 2.56. The number of aliphatic hydroxyl groups is 1. The molecule has 1 saturated carbocycles. The summed E-state index contributed by atoms with van der Waals surface area (Å²) >= 11 is 0. The monoisotopic (exact) mass is 353 g/mol. The fourth-order valence-corrected chi connectivity index (χ4v) is 4.52. The first-order chi connectivity index (χ1) is 12.1. The quantitative estimate of drug-likeness (QED) is 0.677. The normalized spacial score (nSPS) is 28.5. The van der Waals surface area contributed by atoms with Gasteiger partial charge in [-0.25, -0.2) is 0 Å². The molecule has 0 unspecified atom stereocenters. The minimum absolute atomic E-state index is 0.0736. The van der Waals surface area contributed by atoms with Gasteiger partial charge in [0, 0.05) is 57.4 Å². The highest BCUT2D eigenvalue weighted by molar-refractivity contribution is 5.78. The van der Waals surface area contributed by atoms with E-state index in [4.69, 9.17) is 10.5 Å². The summed E-state index contributed by atoms with van der Waals surface area (Å²) in [6.07, 6.45) is 4.83. The van der Waals surface area contributed by atoms with Gasteiger partial charge in [-0.3, -0.25) is 9.59 Å². The Bertz CT molecular complexity index is 491. The van der Waals surface area contributed by atoms with E-state index in [0.717, 1.165) is 32.2 Å². The van der Waals surface area contributed by atoms with Gasteiger partial charge in [-0.2, -0.15) is 0 Å². The van der Waals surface area contributed by atoms with Crippen molar-refractivity contribution in [1.29, 1.82) is 0 Å². The van der Waals surface area contributed by atoms with Crippen molar-refractivity contribution in [3.05, 3.63) is 0 Å². The lowest BCUT2D eigenvalue weighted by atomic mass is 9.58. The molecule has 25 heavy (non-hydrogen) atoms. The molecule has 7 heteroatoms. The molecular formula is C18H31N3O4. The summed E-state index contributed by atoms with van der Waals surface area (Å²) in [5.74, 6) is 0.379. The van der Waals surface area contributed by atoms with E-state index >= 15 is 0 Å². The topological polar surface area (TPSA) is 96.1 Å². The van der Waals surface area contributed by atoms with Gasteiger partial charge in [0.15, 0.2) is 0 Å². The zero-order valence-electron chi connectivity index (χ0n) is 15.0. The molecule has 0 aromatic heterocycles. The number of aliphatic hydroxyl groups excluding tert-OH is 1. The van der Waals surface area contributed by atoms with Crippen LogP contribution in [0.3, 0.4) is 0 Å². The predicted octanol–water partition coefficient (Wildman–Crippen LogP) is 0.106. The highest BCUT2D eigenvalue weighted by atomic mass is 16.5. The molecule has 3 N–H and O–H groups in total. The maximum absolute atomic E-state index is 12.4. The van der Waals surface area contributed by atoms with Crippen molar-refractivity contribution in [1.82, 2.24) is 9.80 Å². The summed E-state index contributed by atoms with van der Waals surface area (Å²) in [6.45, 7) is 3.91. The van der Waals surface area contributed by atoms with Crippen molar-refractivity contribution >= 4 is 11.8 Å². The Hall–Kier alpha value is -1.18. The molecule has 0 aromatic rings. The van der Waals surface area contributed by atoms with Crippen molar-refractivity contribution in [3.8, 4) is 0 Å². The molecule has 3 rings (SSSR count). The van der Waals surface area contributed by atoms with E-state index in [0.29, 0.717) is 52.0 Å². The largest absolute Gasteiger partial charge is 0.392 e. The number of piperidine rings is 1. The summed E-state index contributed by atoms with van der Waals surface area (Å²) < 4.78 is 5.79. The second kappa shape index (κ2) is 8.01. The van der Waals surface area contributed by atoms with Crippen molar-refractivity contribution in [3.63, 3.8) is 0 Å². The summed E-state index contributed by atoms with van der Waals surface area (Å²) in [6, 6.07) is 0. The van der Waals surface area contributed by atoms with Crippen LogP contribution in [0.1, 0.15) is 44.9 Å². The van der Waals surface area contributed by atoms with Crippen LogP contribution in [-0.4, -0.2) is 78.3 Å². The molecule has 0 aromatic carbocycles. The molecule has 2 saturated heterocycles. The Morgan fingerprint density at radius 3 is 2.68 bits per heavy atom. The number of amides is 2. The maximum Gasteiger partial charge on any atom is 0.222 e. The zero-order chi connectivity index (χ0) is 17.9. The average molecular weight is 353 g/mol. The fraction of sp³-hybridized carbons (Fsp3) is 0.889. The van der Waals surface area contributed by atoms with Crippen LogP contribution in [0, 0.1) is 5.41 Å². The van der Waals surface area contributed by atoms with Crippen LogP contribution in [0.15, 0.2) is 0 Å². The lowest BCUT2D eigenvalue weighted by Gasteiger charge is -2.56. The minimum atomic E-state index is -0.325. The minimum Gasteiger partial charge on any atom is -0.392 e. The Labute approximate surface area is 149 Å². The number of ether oxygens (including phenoxy) is 1. The highest BCUT2D eigenvalue weighted by Crippen LogP contribution is 2.50. The standard InChI is InChI=1S/C18H31N3O4/c19-7-12-25-15-13-14(22)18(15)5-10-21(11-6-18)17(24)4-2-9-20-8-1-3-16(20)23/h14-15,22H,1-13,19H2/t14-,15+/m0/s1. The van der Waals surface area contributed by atoms with E-state index in [2.05, 4.69) is 0 Å². The Morgan fingerprint density at radius 1 is 1.32 bits per heavy atom. The second-order valence-corrected chi connectivity index (χ2v) is 7.60. The van der Waals surface area contributed by atoms with Gasteiger partial charge in [-0.05, 0) is 25.7 Å². The van der Waals surface area contributed by atoms with Gasteiger partial charge in [0.1, 0.15) is 0 Å². The SMILES string of the molecule is NCCO[C@@H]1C[C@H](O)C12CCN(C(=O)CCCN1CCCC1=O)CC2. The average Bonchev–Trinajstić information content (AvgIpc) is 3.03. The summed E-state index contributed by atoms with van der Waals surface area (Å²) in [4.78, 5) is 27.8. The van der Waals surface area contributed by atoms with Crippen molar-refractivity contribution in [2.75, 3.05) is 39.3 Å². The molecule has 2 aliphatic heterocycles. The lowest BCUT2D eigenvalue weighted by molar-refractivity contribution is -0.210. The smallest absolute Gasteiger partial charge is 0.222 e. The van der Waals surface area contributed by atoms with E-state index in [-0.39, 0.29) is 29.4 Å². The third-order valence-corrected chi connectivity index (χ3v) is 6.22. The van der Waals surface area contributed by atoms with Gasteiger partial charge in [-0.15, -0.1) is 0 Å². The first kappa shape index (κ1) is 18.6. The predicted molar refractivity (Wildman–Crippen MR) is 92.7 cm³/mol. The molecule has 7 nitrogen and oxygen atoms in total. The maximum atomic E-state index is 12.4. The van der Waals surface area contributed by atoms with Gasteiger partial charge in [-0.1, -0.05) is 0 Å². The van der Waals surface area contributed by atoms with Crippen LogP contribution in [0.25, 0.3) is 0 Å². The zero-order valence-corrected chi connectivity index (χ0v) is 15.0. The number of nitrogens with two attached hydrogens (primary N) is 1. The number of hydrogen-bond donors (Lipinski definition) is 2. The number of hydrogen-bond acceptors (Lipinski definition) is 5. The van der Waals surface area contributed by atoms with Crippen LogP contribution in [0.2, 0.25) is 0 Å². The van der Waals surface area contributed by atoms with Crippen molar-refractivity contribution < 1.29 is 19.4 Å². The van der Waals surface area contributed by atoms with Gasteiger partial charge >= 0.3 is 0 Å². The summed E-state index contributed by atoms with van der Waals surface area (Å²) in [5, 5.41) is 10.3. The molecule has 1 aliphatic carbocycles. The molecule has 0 bridgehead atoms. The first-order valence-electron chi connectivity index (χ1n) is 9.62. The second-order valence-electron chi connectivity index (χ2n) is 7.60. The van der Waals surface area contributed by atoms with Gasteiger partial charge in [0.2, 0.25) is 11.8 Å². The molecule has 3 aliphatic rings. The summed E-state index contributed by atoms with van der Waals surface area (Å²) in [5.41, 5.74) is 5.32. The van der Waals surface area contributed by atoms with Gasteiger partial charge in [0.05, 0.1) is 18.8 Å². The van der Waals surface area contributed by atoms with E-state index in [1.165, 1.54) is 0 Å². The molecule has 2 atom stereocenters. The van der Waals surface area contributed by atoms with Crippen LogP contribution in [-0.2, 0) is 14.3 Å². The third-order valence-electron chi connectivity index (χ3n) is 6.22. The number of likely N-dealkylation sites (tertiary alicyclic amines) is 2. The van der Waals surface area contributed by atoms with E-state index in [1.54, 1.807) is 0 Å². The Morgan fingerprint density at radius 2 is 2.08 bits per heavy atom. The van der Waals surface area contributed by atoms with E-state index in [1.807, 2.05) is 9.80 Å². The van der Waals surface area contributed by atoms with Crippen molar-refractivity contribution in [2.45, 2.75) is 57.2 Å². The van der Waals surface area contributed by atoms with Crippen LogP contribution in [0.4, 0.5) is 0 Å². The molecule has 1 spiro atoms.